The maximum Gasteiger partial charge on any atom is 0.322 e. The number of nitrogens with zero attached hydrogens (tertiary/aromatic N) is 3. The van der Waals surface area contributed by atoms with Crippen molar-refractivity contribution in [1.29, 1.82) is 0 Å². The number of hydrogen-bond donors (Lipinski definition) is 2. The van der Waals surface area contributed by atoms with Crippen LogP contribution in [0.4, 0.5) is 10.6 Å². The molecule has 1 aliphatic rings. The second-order valence-corrected chi connectivity index (χ2v) is 5.87. The number of aromatic nitrogens is 2. The number of carbonyl (C=O) groups is 2. The molecule has 1 aliphatic carbocycles. The van der Waals surface area contributed by atoms with E-state index < -0.39 is 0 Å². The molecule has 1 saturated carbocycles. The van der Waals surface area contributed by atoms with Crippen molar-refractivity contribution in [3.63, 3.8) is 0 Å². The highest BCUT2D eigenvalue weighted by molar-refractivity contribution is 5.89. The molecule has 2 N–H and O–H groups in total. The molecule has 0 aliphatic heterocycles. The lowest BCUT2D eigenvalue weighted by molar-refractivity contribution is -0.121. The van der Waals surface area contributed by atoms with Crippen LogP contribution in [0.15, 0.2) is 12.3 Å². The molecule has 7 heteroatoms. The van der Waals surface area contributed by atoms with Crippen molar-refractivity contribution in [1.82, 2.24) is 20.0 Å². The zero-order valence-corrected chi connectivity index (χ0v) is 13.5. The van der Waals surface area contributed by atoms with E-state index in [4.69, 9.17) is 0 Å². The summed E-state index contributed by atoms with van der Waals surface area (Å²) in [6.45, 7) is 1.85. The molecular formula is C15H25N5O2. The second-order valence-electron chi connectivity index (χ2n) is 5.87. The minimum atomic E-state index is -0.226. The Morgan fingerprint density at radius 1 is 1.45 bits per heavy atom. The average molecular weight is 307 g/mol. The molecule has 1 aromatic rings. The first-order valence-corrected chi connectivity index (χ1v) is 7.80. The number of nitrogens with one attached hydrogen (secondary N) is 2. The molecule has 2 rings (SSSR count). The highest BCUT2D eigenvalue weighted by Gasteiger charge is 2.23. The van der Waals surface area contributed by atoms with Gasteiger partial charge in [0.25, 0.3) is 0 Å². The first-order valence-electron chi connectivity index (χ1n) is 7.80. The summed E-state index contributed by atoms with van der Waals surface area (Å²) in [4.78, 5) is 25.3. The van der Waals surface area contributed by atoms with Crippen LogP contribution in [-0.2, 0) is 4.79 Å². The molecule has 0 unspecified atom stereocenters. The van der Waals surface area contributed by atoms with Crippen LogP contribution < -0.4 is 10.6 Å². The number of amides is 3. The molecule has 0 aromatic carbocycles. The molecule has 1 atom stereocenters. The molecule has 122 valence electrons. The van der Waals surface area contributed by atoms with Gasteiger partial charge in [-0.15, -0.1) is 0 Å². The summed E-state index contributed by atoms with van der Waals surface area (Å²) in [6.07, 6.45) is 6.62. The molecule has 3 amide bonds. The van der Waals surface area contributed by atoms with Crippen molar-refractivity contribution in [2.45, 2.75) is 51.1 Å². The SMILES string of the molecule is CNC(=O)C[C@@H](C)N(C)C(=O)Nc1ccnn1C1CCCC1. The van der Waals surface area contributed by atoms with Crippen LogP contribution in [0.25, 0.3) is 0 Å². The minimum absolute atomic E-state index is 0.0804. The molecule has 1 fully saturated rings. The molecule has 1 aromatic heterocycles. The molecule has 7 nitrogen and oxygen atoms in total. The molecular weight excluding hydrogens is 282 g/mol. The van der Waals surface area contributed by atoms with Crippen molar-refractivity contribution in [3.8, 4) is 0 Å². The first-order chi connectivity index (χ1) is 10.5. The topological polar surface area (TPSA) is 79.3 Å². The Morgan fingerprint density at radius 3 is 2.77 bits per heavy atom. The fourth-order valence-electron chi connectivity index (χ4n) is 2.76. The van der Waals surface area contributed by atoms with Crippen LogP contribution >= 0.6 is 0 Å². The summed E-state index contributed by atoms with van der Waals surface area (Å²) in [5.41, 5.74) is 0. The van der Waals surface area contributed by atoms with Crippen LogP contribution in [0.5, 0.6) is 0 Å². The Bertz CT molecular complexity index is 522. The Balaban J connectivity index is 1.96. The zero-order valence-electron chi connectivity index (χ0n) is 13.5. The maximum absolute atomic E-state index is 12.3. The van der Waals surface area contributed by atoms with E-state index in [0.29, 0.717) is 6.04 Å². The number of rotatable bonds is 5. The molecule has 0 radical (unpaired) electrons. The standard InChI is InChI=1S/C15H25N5O2/c1-11(10-14(21)16-2)19(3)15(22)18-13-8-9-17-20(13)12-6-4-5-7-12/h8-9,11-12H,4-7,10H2,1-3H3,(H,16,21)(H,18,22)/t11-/m1/s1. The van der Waals surface area contributed by atoms with Gasteiger partial charge < -0.3 is 10.2 Å². The van der Waals surface area contributed by atoms with Crippen molar-refractivity contribution in [2.24, 2.45) is 0 Å². The van der Waals surface area contributed by atoms with Gasteiger partial charge in [0.15, 0.2) is 0 Å². The average Bonchev–Trinajstić information content (AvgIpc) is 3.16. The quantitative estimate of drug-likeness (QED) is 0.873. The van der Waals surface area contributed by atoms with Gasteiger partial charge in [0.05, 0.1) is 12.2 Å². The highest BCUT2D eigenvalue weighted by atomic mass is 16.2. The van der Waals surface area contributed by atoms with Gasteiger partial charge in [-0.3, -0.25) is 10.1 Å². The lowest BCUT2D eigenvalue weighted by Gasteiger charge is -2.25. The molecule has 0 bridgehead atoms. The van der Waals surface area contributed by atoms with Crippen LogP contribution in [0.2, 0.25) is 0 Å². The van der Waals surface area contributed by atoms with Gasteiger partial charge in [0, 0.05) is 32.6 Å². The predicted molar refractivity (Wildman–Crippen MR) is 84.7 cm³/mol. The Kier molecular flexibility index (Phi) is 5.41. The fraction of sp³-hybridized carbons (Fsp3) is 0.667. The third-order valence-corrected chi connectivity index (χ3v) is 4.32. The largest absolute Gasteiger partial charge is 0.359 e. The fourth-order valence-corrected chi connectivity index (χ4v) is 2.76. The van der Waals surface area contributed by atoms with Crippen molar-refractivity contribution in [3.05, 3.63) is 12.3 Å². The van der Waals surface area contributed by atoms with E-state index in [-0.39, 0.29) is 24.4 Å². The molecule has 22 heavy (non-hydrogen) atoms. The van der Waals surface area contributed by atoms with Gasteiger partial charge in [0.2, 0.25) is 5.91 Å². The molecule has 1 heterocycles. The Hall–Kier alpha value is -2.05. The Morgan fingerprint density at radius 2 is 2.14 bits per heavy atom. The summed E-state index contributed by atoms with van der Waals surface area (Å²) in [7, 11) is 3.29. The maximum atomic E-state index is 12.3. The molecule has 0 saturated heterocycles. The third kappa shape index (κ3) is 3.78. The highest BCUT2D eigenvalue weighted by Crippen LogP contribution is 2.31. The van der Waals surface area contributed by atoms with Crippen LogP contribution in [-0.4, -0.2) is 46.8 Å². The number of urea groups is 1. The van der Waals surface area contributed by atoms with Gasteiger partial charge >= 0.3 is 6.03 Å². The van der Waals surface area contributed by atoms with E-state index in [1.807, 2.05) is 17.7 Å². The van der Waals surface area contributed by atoms with Gasteiger partial charge in [0.1, 0.15) is 5.82 Å². The number of carbonyl (C=O) groups excluding carboxylic acids is 2. The summed E-state index contributed by atoms with van der Waals surface area (Å²) in [6, 6.07) is 1.78. The third-order valence-electron chi connectivity index (χ3n) is 4.32. The van der Waals surface area contributed by atoms with Crippen LogP contribution in [0, 0.1) is 0 Å². The normalized spacial score (nSPS) is 16.3. The van der Waals surface area contributed by atoms with E-state index in [9.17, 15) is 9.59 Å². The lowest BCUT2D eigenvalue weighted by atomic mass is 10.2. The molecule has 0 spiro atoms. The van der Waals surface area contributed by atoms with E-state index >= 15 is 0 Å². The summed E-state index contributed by atoms with van der Waals surface area (Å²) in [5.74, 6) is 0.638. The van der Waals surface area contributed by atoms with Crippen molar-refractivity contribution < 1.29 is 9.59 Å². The second kappa shape index (κ2) is 7.29. The minimum Gasteiger partial charge on any atom is -0.359 e. The van der Waals surface area contributed by atoms with Crippen molar-refractivity contribution in [2.75, 3.05) is 19.4 Å². The van der Waals surface area contributed by atoms with E-state index in [1.54, 1.807) is 25.2 Å². The van der Waals surface area contributed by atoms with Crippen molar-refractivity contribution >= 4 is 17.8 Å². The van der Waals surface area contributed by atoms with Gasteiger partial charge in [-0.1, -0.05) is 12.8 Å². The van der Waals surface area contributed by atoms with Gasteiger partial charge in [-0.2, -0.15) is 5.10 Å². The smallest absolute Gasteiger partial charge is 0.322 e. The Labute approximate surface area is 131 Å². The lowest BCUT2D eigenvalue weighted by Crippen LogP contribution is -2.41. The predicted octanol–water partition coefficient (Wildman–Crippen LogP) is 1.99. The van der Waals surface area contributed by atoms with E-state index in [0.717, 1.165) is 18.7 Å². The number of anilines is 1. The van der Waals surface area contributed by atoms with E-state index in [2.05, 4.69) is 15.7 Å². The van der Waals surface area contributed by atoms with Crippen LogP contribution in [0.1, 0.15) is 45.1 Å². The monoisotopic (exact) mass is 307 g/mol. The summed E-state index contributed by atoms with van der Waals surface area (Å²) < 4.78 is 1.90. The first kappa shape index (κ1) is 16.3. The van der Waals surface area contributed by atoms with Gasteiger partial charge in [-0.25, -0.2) is 9.48 Å². The summed E-state index contributed by atoms with van der Waals surface area (Å²) >= 11 is 0. The van der Waals surface area contributed by atoms with Gasteiger partial charge in [-0.05, 0) is 19.8 Å². The zero-order chi connectivity index (χ0) is 16.1. The van der Waals surface area contributed by atoms with E-state index in [1.165, 1.54) is 12.8 Å². The number of hydrogen-bond acceptors (Lipinski definition) is 3. The van der Waals surface area contributed by atoms with Crippen LogP contribution in [0.3, 0.4) is 0 Å². The summed E-state index contributed by atoms with van der Waals surface area (Å²) in [5, 5.41) is 9.80.